The van der Waals surface area contributed by atoms with E-state index in [1.807, 2.05) is 19.1 Å². The van der Waals surface area contributed by atoms with Gasteiger partial charge in [0.2, 0.25) is 0 Å². The molecule has 3 aromatic carbocycles. The number of aryl methyl sites for hydroxylation is 3. The minimum atomic E-state index is -0.162. The molecule has 0 aliphatic heterocycles. The van der Waals surface area contributed by atoms with E-state index in [4.69, 9.17) is 0 Å². The number of carbonyl (C=O) groups is 1. The van der Waals surface area contributed by atoms with Gasteiger partial charge in [0.15, 0.2) is 0 Å². The minimum absolute atomic E-state index is 0.162. The summed E-state index contributed by atoms with van der Waals surface area (Å²) in [4.78, 5) is 15.3. The van der Waals surface area contributed by atoms with Crippen molar-refractivity contribution in [1.29, 1.82) is 0 Å². The summed E-state index contributed by atoms with van der Waals surface area (Å²) in [6.45, 7) is 8.82. The monoisotopic (exact) mass is 482 g/mol. The fraction of sp³-hybridized carbons (Fsp3) is 0.323. The first-order chi connectivity index (χ1) is 17.5. The van der Waals surface area contributed by atoms with Crippen molar-refractivity contribution in [2.75, 3.05) is 25.0 Å². The van der Waals surface area contributed by atoms with E-state index >= 15 is 0 Å². The van der Waals surface area contributed by atoms with Crippen LogP contribution in [0.5, 0.6) is 0 Å². The summed E-state index contributed by atoms with van der Waals surface area (Å²) >= 11 is 0. The molecule has 5 nitrogen and oxygen atoms in total. The van der Waals surface area contributed by atoms with Crippen LogP contribution in [0.4, 0.5) is 10.5 Å². The lowest BCUT2D eigenvalue weighted by molar-refractivity contribution is 0.252. The van der Waals surface area contributed by atoms with Crippen LogP contribution in [0.3, 0.4) is 0 Å². The number of H-pyrrole nitrogens is 1. The van der Waals surface area contributed by atoms with Crippen molar-refractivity contribution in [2.24, 2.45) is 0 Å². The number of benzene rings is 3. The molecule has 4 aromatic rings. The molecule has 0 unspecified atom stereocenters. The van der Waals surface area contributed by atoms with Crippen LogP contribution in [-0.4, -0.2) is 30.6 Å². The molecule has 0 saturated heterocycles. The van der Waals surface area contributed by atoms with E-state index in [1.54, 1.807) is 0 Å². The number of anilines is 1. The van der Waals surface area contributed by atoms with E-state index in [0.717, 1.165) is 44.5 Å². The Morgan fingerprint density at radius 3 is 2.36 bits per heavy atom. The Morgan fingerprint density at radius 2 is 1.61 bits per heavy atom. The number of urea groups is 1. The van der Waals surface area contributed by atoms with Crippen LogP contribution in [0.15, 0.2) is 66.7 Å². The molecule has 4 rings (SSSR count). The largest absolute Gasteiger partial charge is 0.354 e. The maximum atomic E-state index is 11.6. The van der Waals surface area contributed by atoms with Crippen LogP contribution in [0.2, 0.25) is 0 Å². The Hall–Kier alpha value is -3.57. The molecule has 2 amide bonds. The second-order valence-electron chi connectivity index (χ2n) is 9.54. The van der Waals surface area contributed by atoms with Gasteiger partial charge in [-0.3, -0.25) is 0 Å². The third kappa shape index (κ3) is 6.76. The van der Waals surface area contributed by atoms with Gasteiger partial charge in [-0.05, 0) is 107 Å². The predicted octanol–water partition coefficient (Wildman–Crippen LogP) is 6.75. The summed E-state index contributed by atoms with van der Waals surface area (Å²) in [6, 6.07) is 23.4. The van der Waals surface area contributed by atoms with Gasteiger partial charge in [0.05, 0.1) is 0 Å². The molecule has 0 radical (unpaired) electrons. The number of nitrogens with one attached hydrogen (secondary N) is 4. The number of carbonyl (C=O) groups excluding carboxylic acids is 1. The zero-order valence-electron chi connectivity index (χ0n) is 21.7. The standard InChI is InChI=1S/C31H38N4O/c1-4-33-31(36)34-26-14-12-24(13-15-26)9-7-8-17-32-18-16-28-27-10-5-6-11-29(27)35-30(28)25-20-22(2)19-23(3)21-25/h5-6,10-15,19-21,32,35H,4,7-9,16-18H2,1-3H3,(H2,33,34,36). The summed E-state index contributed by atoms with van der Waals surface area (Å²) in [6.07, 6.45) is 4.31. The van der Waals surface area contributed by atoms with Crippen molar-refractivity contribution in [1.82, 2.24) is 15.6 Å². The molecular weight excluding hydrogens is 444 g/mol. The number of aromatic nitrogens is 1. The lowest BCUT2D eigenvalue weighted by Crippen LogP contribution is -2.28. The molecule has 0 spiro atoms. The van der Waals surface area contributed by atoms with Crippen LogP contribution >= 0.6 is 0 Å². The Balaban J connectivity index is 1.26. The first kappa shape index (κ1) is 25.5. The Morgan fingerprint density at radius 1 is 0.861 bits per heavy atom. The summed E-state index contributed by atoms with van der Waals surface area (Å²) in [5.41, 5.74) is 9.82. The summed E-state index contributed by atoms with van der Waals surface area (Å²) in [7, 11) is 0. The third-order valence-corrected chi connectivity index (χ3v) is 6.49. The van der Waals surface area contributed by atoms with Crippen molar-refractivity contribution < 1.29 is 4.79 Å². The summed E-state index contributed by atoms with van der Waals surface area (Å²) < 4.78 is 0. The average molecular weight is 483 g/mol. The molecule has 5 heteroatoms. The third-order valence-electron chi connectivity index (χ3n) is 6.49. The van der Waals surface area contributed by atoms with Gasteiger partial charge in [-0.2, -0.15) is 0 Å². The quantitative estimate of drug-likeness (QED) is 0.179. The smallest absolute Gasteiger partial charge is 0.319 e. The maximum Gasteiger partial charge on any atom is 0.319 e. The SMILES string of the molecule is CCNC(=O)Nc1ccc(CCCCNCCc2c(-c3cc(C)cc(C)c3)[nH]c3ccccc23)cc1. The van der Waals surface area contributed by atoms with Crippen LogP contribution < -0.4 is 16.0 Å². The maximum absolute atomic E-state index is 11.6. The van der Waals surface area contributed by atoms with Crippen molar-refractivity contribution in [3.8, 4) is 11.3 Å². The molecule has 0 aliphatic carbocycles. The predicted molar refractivity (Wildman–Crippen MR) is 152 cm³/mol. The van der Waals surface area contributed by atoms with Gasteiger partial charge in [-0.15, -0.1) is 0 Å². The number of para-hydroxylation sites is 1. The van der Waals surface area contributed by atoms with Gasteiger partial charge in [0, 0.05) is 28.8 Å². The van der Waals surface area contributed by atoms with E-state index in [9.17, 15) is 4.79 Å². The number of hydrogen-bond donors (Lipinski definition) is 4. The van der Waals surface area contributed by atoms with Gasteiger partial charge in [0.25, 0.3) is 0 Å². The van der Waals surface area contributed by atoms with E-state index in [1.165, 1.54) is 44.4 Å². The number of unbranched alkanes of at least 4 members (excludes halogenated alkanes) is 1. The van der Waals surface area contributed by atoms with E-state index in [0.29, 0.717) is 6.54 Å². The molecular formula is C31H38N4O. The molecule has 0 bridgehead atoms. The lowest BCUT2D eigenvalue weighted by atomic mass is 9.99. The lowest BCUT2D eigenvalue weighted by Gasteiger charge is -2.09. The fourth-order valence-corrected chi connectivity index (χ4v) is 4.83. The van der Waals surface area contributed by atoms with Gasteiger partial charge < -0.3 is 20.9 Å². The average Bonchev–Trinajstić information content (AvgIpc) is 3.23. The number of fused-ring (bicyclic) bond motifs is 1. The highest BCUT2D eigenvalue weighted by Crippen LogP contribution is 2.31. The number of hydrogen-bond acceptors (Lipinski definition) is 2. The topological polar surface area (TPSA) is 69.0 Å². The van der Waals surface area contributed by atoms with Crippen molar-refractivity contribution in [2.45, 2.75) is 46.5 Å². The fourth-order valence-electron chi connectivity index (χ4n) is 4.83. The van der Waals surface area contributed by atoms with Crippen LogP contribution in [-0.2, 0) is 12.8 Å². The first-order valence-corrected chi connectivity index (χ1v) is 13.1. The molecule has 0 saturated carbocycles. The van der Waals surface area contributed by atoms with Gasteiger partial charge >= 0.3 is 6.03 Å². The summed E-state index contributed by atoms with van der Waals surface area (Å²) in [5.74, 6) is 0. The van der Waals surface area contributed by atoms with Gasteiger partial charge in [0.1, 0.15) is 0 Å². The van der Waals surface area contributed by atoms with Crippen LogP contribution in [0.25, 0.3) is 22.2 Å². The highest BCUT2D eigenvalue weighted by molar-refractivity contribution is 5.91. The zero-order valence-corrected chi connectivity index (χ0v) is 21.7. The highest BCUT2D eigenvalue weighted by atomic mass is 16.2. The van der Waals surface area contributed by atoms with Crippen molar-refractivity contribution in [3.63, 3.8) is 0 Å². The van der Waals surface area contributed by atoms with E-state index < -0.39 is 0 Å². The van der Waals surface area contributed by atoms with E-state index in [-0.39, 0.29) is 6.03 Å². The molecule has 1 aromatic heterocycles. The van der Waals surface area contributed by atoms with E-state index in [2.05, 4.69) is 89.4 Å². The number of aromatic amines is 1. The molecule has 0 atom stereocenters. The molecule has 4 N–H and O–H groups in total. The second-order valence-corrected chi connectivity index (χ2v) is 9.54. The molecule has 0 fully saturated rings. The zero-order chi connectivity index (χ0) is 25.3. The van der Waals surface area contributed by atoms with Crippen molar-refractivity contribution in [3.05, 3.63) is 89.0 Å². The van der Waals surface area contributed by atoms with Crippen molar-refractivity contribution >= 4 is 22.6 Å². The Labute approximate surface area is 214 Å². The first-order valence-electron chi connectivity index (χ1n) is 13.1. The molecule has 36 heavy (non-hydrogen) atoms. The molecule has 188 valence electrons. The normalized spacial score (nSPS) is 11.1. The molecule has 0 aliphatic rings. The van der Waals surface area contributed by atoms with Crippen LogP contribution in [0.1, 0.15) is 42.0 Å². The molecule has 1 heterocycles. The highest BCUT2D eigenvalue weighted by Gasteiger charge is 2.13. The number of amides is 2. The minimum Gasteiger partial charge on any atom is -0.354 e. The van der Waals surface area contributed by atoms with Gasteiger partial charge in [-0.25, -0.2) is 4.79 Å². The second kappa shape index (κ2) is 12.4. The number of rotatable bonds is 11. The Bertz CT molecular complexity index is 1270. The van der Waals surface area contributed by atoms with Gasteiger partial charge in [-0.1, -0.05) is 47.5 Å². The Kier molecular flexibility index (Phi) is 8.80. The summed E-state index contributed by atoms with van der Waals surface area (Å²) in [5, 5.41) is 10.6. The van der Waals surface area contributed by atoms with Crippen LogP contribution in [0, 0.1) is 13.8 Å².